The third-order valence-corrected chi connectivity index (χ3v) is 2.88. The van der Waals surface area contributed by atoms with Gasteiger partial charge in [-0.1, -0.05) is 12.5 Å². The molecule has 0 bridgehead atoms. The highest BCUT2D eigenvalue weighted by Crippen LogP contribution is 2.39. The number of nitrogen functional groups attached to an aromatic ring is 1. The molecule has 0 saturated heterocycles. The second-order valence-corrected chi connectivity index (χ2v) is 3.78. The normalized spacial score (nSPS) is 16.3. The highest BCUT2D eigenvalue weighted by Gasteiger charge is 2.21. The lowest BCUT2D eigenvalue weighted by molar-refractivity contribution is 0.0697. The van der Waals surface area contributed by atoms with E-state index in [0.717, 1.165) is 5.56 Å². The van der Waals surface area contributed by atoms with Crippen LogP contribution in [0.15, 0.2) is 18.2 Å². The van der Waals surface area contributed by atoms with Gasteiger partial charge in [-0.05, 0) is 36.5 Å². The van der Waals surface area contributed by atoms with Gasteiger partial charge in [0, 0.05) is 5.69 Å². The number of rotatable bonds is 2. The summed E-state index contributed by atoms with van der Waals surface area (Å²) < 4.78 is 0. The molecule has 0 atom stereocenters. The summed E-state index contributed by atoms with van der Waals surface area (Å²) in [5.74, 6) is -0.366. The Morgan fingerprint density at radius 1 is 1.43 bits per heavy atom. The van der Waals surface area contributed by atoms with Crippen molar-refractivity contribution < 1.29 is 9.90 Å². The van der Waals surface area contributed by atoms with Crippen molar-refractivity contribution >= 4 is 11.7 Å². The number of hydrogen-bond acceptors (Lipinski definition) is 2. The molecular formula is C11H13NO2. The van der Waals surface area contributed by atoms with Crippen LogP contribution in [-0.4, -0.2) is 11.1 Å². The Morgan fingerprint density at radius 2 is 2.14 bits per heavy atom. The van der Waals surface area contributed by atoms with E-state index < -0.39 is 5.97 Å². The molecule has 0 heterocycles. The summed E-state index contributed by atoms with van der Waals surface area (Å²) in [6, 6.07) is 5.03. The van der Waals surface area contributed by atoms with Crippen LogP contribution in [0.4, 0.5) is 5.69 Å². The second-order valence-electron chi connectivity index (χ2n) is 3.78. The SMILES string of the molecule is Nc1cc(C(=O)O)ccc1C1CCC1. The molecule has 1 aliphatic rings. The minimum atomic E-state index is -0.920. The van der Waals surface area contributed by atoms with Gasteiger partial charge in [-0.15, -0.1) is 0 Å². The molecule has 3 N–H and O–H groups in total. The molecule has 1 aliphatic carbocycles. The first-order valence-electron chi connectivity index (χ1n) is 4.81. The fourth-order valence-electron chi connectivity index (χ4n) is 1.80. The first-order chi connectivity index (χ1) is 6.68. The smallest absolute Gasteiger partial charge is 0.335 e. The zero-order valence-corrected chi connectivity index (χ0v) is 7.86. The molecule has 0 radical (unpaired) electrons. The van der Waals surface area contributed by atoms with Crippen molar-refractivity contribution in [3.05, 3.63) is 29.3 Å². The first kappa shape index (κ1) is 9.06. The van der Waals surface area contributed by atoms with Gasteiger partial charge in [-0.25, -0.2) is 4.79 Å². The molecule has 14 heavy (non-hydrogen) atoms. The van der Waals surface area contributed by atoms with Crippen molar-refractivity contribution in [1.29, 1.82) is 0 Å². The van der Waals surface area contributed by atoms with Gasteiger partial charge in [-0.3, -0.25) is 0 Å². The third kappa shape index (κ3) is 1.45. The lowest BCUT2D eigenvalue weighted by atomic mass is 9.79. The van der Waals surface area contributed by atoms with Crippen molar-refractivity contribution in [2.75, 3.05) is 5.73 Å². The predicted octanol–water partition coefficient (Wildman–Crippen LogP) is 2.23. The number of carbonyl (C=O) groups is 1. The Labute approximate surface area is 82.5 Å². The molecule has 1 aromatic rings. The van der Waals surface area contributed by atoms with E-state index in [1.165, 1.54) is 19.3 Å². The molecule has 3 nitrogen and oxygen atoms in total. The number of hydrogen-bond donors (Lipinski definition) is 2. The molecule has 0 unspecified atom stereocenters. The van der Waals surface area contributed by atoms with Crippen LogP contribution >= 0.6 is 0 Å². The summed E-state index contributed by atoms with van der Waals surface area (Å²) in [5, 5.41) is 8.75. The van der Waals surface area contributed by atoms with Crippen LogP contribution in [0.2, 0.25) is 0 Å². The van der Waals surface area contributed by atoms with Gasteiger partial charge in [-0.2, -0.15) is 0 Å². The summed E-state index contributed by atoms with van der Waals surface area (Å²) in [5.41, 5.74) is 7.81. The number of carboxylic acid groups (broad SMARTS) is 1. The van der Waals surface area contributed by atoms with Crippen LogP contribution in [-0.2, 0) is 0 Å². The van der Waals surface area contributed by atoms with Crippen molar-refractivity contribution in [3.63, 3.8) is 0 Å². The zero-order chi connectivity index (χ0) is 10.1. The van der Waals surface area contributed by atoms with E-state index in [1.54, 1.807) is 12.1 Å². The van der Waals surface area contributed by atoms with E-state index >= 15 is 0 Å². The molecule has 2 rings (SSSR count). The molecule has 1 aromatic carbocycles. The molecule has 0 amide bonds. The summed E-state index contributed by atoms with van der Waals surface area (Å²) in [6.45, 7) is 0. The van der Waals surface area contributed by atoms with Gasteiger partial charge in [0.2, 0.25) is 0 Å². The molecule has 1 fully saturated rings. The van der Waals surface area contributed by atoms with Crippen LogP contribution in [0.3, 0.4) is 0 Å². The Morgan fingerprint density at radius 3 is 2.57 bits per heavy atom. The monoisotopic (exact) mass is 191 g/mol. The number of benzene rings is 1. The highest BCUT2D eigenvalue weighted by molar-refractivity contribution is 5.89. The molecule has 0 spiro atoms. The fourth-order valence-corrected chi connectivity index (χ4v) is 1.80. The number of anilines is 1. The average molecular weight is 191 g/mol. The van der Waals surface area contributed by atoms with Gasteiger partial charge in [0.15, 0.2) is 0 Å². The molecule has 0 aliphatic heterocycles. The van der Waals surface area contributed by atoms with E-state index in [1.807, 2.05) is 6.07 Å². The maximum Gasteiger partial charge on any atom is 0.335 e. The molecule has 1 saturated carbocycles. The van der Waals surface area contributed by atoms with Gasteiger partial charge in [0.1, 0.15) is 0 Å². The van der Waals surface area contributed by atoms with E-state index in [4.69, 9.17) is 10.8 Å². The number of aromatic carboxylic acids is 1. The Hall–Kier alpha value is -1.51. The van der Waals surface area contributed by atoms with E-state index in [-0.39, 0.29) is 5.56 Å². The molecule has 74 valence electrons. The van der Waals surface area contributed by atoms with Gasteiger partial charge in [0.05, 0.1) is 5.56 Å². The Kier molecular flexibility index (Phi) is 2.15. The van der Waals surface area contributed by atoms with E-state index in [2.05, 4.69) is 0 Å². The van der Waals surface area contributed by atoms with Gasteiger partial charge in [0.25, 0.3) is 0 Å². The maximum atomic E-state index is 10.7. The van der Waals surface area contributed by atoms with Crippen LogP contribution in [0.1, 0.15) is 41.1 Å². The molecule has 0 aromatic heterocycles. The summed E-state index contributed by atoms with van der Waals surface area (Å²) in [6.07, 6.45) is 3.61. The third-order valence-electron chi connectivity index (χ3n) is 2.88. The van der Waals surface area contributed by atoms with E-state index in [9.17, 15) is 4.79 Å². The standard InChI is InChI=1S/C11H13NO2/c12-10-6-8(11(13)14)4-5-9(10)7-2-1-3-7/h4-7H,1-3,12H2,(H,13,14). The Bertz CT molecular complexity index is 370. The topological polar surface area (TPSA) is 63.3 Å². The molecular weight excluding hydrogens is 178 g/mol. The zero-order valence-electron chi connectivity index (χ0n) is 7.86. The molecule has 3 heteroatoms. The highest BCUT2D eigenvalue weighted by atomic mass is 16.4. The van der Waals surface area contributed by atoms with Crippen molar-refractivity contribution in [2.24, 2.45) is 0 Å². The van der Waals surface area contributed by atoms with Gasteiger partial charge < -0.3 is 10.8 Å². The van der Waals surface area contributed by atoms with Gasteiger partial charge >= 0.3 is 5.97 Å². The quantitative estimate of drug-likeness (QED) is 0.704. The van der Waals surface area contributed by atoms with Crippen LogP contribution in [0.5, 0.6) is 0 Å². The van der Waals surface area contributed by atoms with Crippen molar-refractivity contribution in [3.8, 4) is 0 Å². The van der Waals surface area contributed by atoms with E-state index in [0.29, 0.717) is 11.6 Å². The number of nitrogens with two attached hydrogens (primary N) is 1. The summed E-state index contributed by atoms with van der Waals surface area (Å²) >= 11 is 0. The minimum absolute atomic E-state index is 0.269. The Balaban J connectivity index is 2.30. The largest absolute Gasteiger partial charge is 0.478 e. The first-order valence-corrected chi connectivity index (χ1v) is 4.81. The maximum absolute atomic E-state index is 10.7. The number of carboxylic acids is 1. The average Bonchev–Trinajstić information content (AvgIpc) is 2.04. The van der Waals surface area contributed by atoms with Crippen LogP contribution < -0.4 is 5.73 Å². The summed E-state index contributed by atoms with van der Waals surface area (Å²) in [7, 11) is 0. The lowest BCUT2D eigenvalue weighted by Crippen LogP contribution is -2.11. The minimum Gasteiger partial charge on any atom is -0.478 e. The van der Waals surface area contributed by atoms with Crippen molar-refractivity contribution in [2.45, 2.75) is 25.2 Å². The lowest BCUT2D eigenvalue weighted by Gasteiger charge is -2.27. The van der Waals surface area contributed by atoms with Crippen LogP contribution in [0, 0.1) is 0 Å². The fraction of sp³-hybridized carbons (Fsp3) is 0.364. The van der Waals surface area contributed by atoms with Crippen molar-refractivity contribution in [1.82, 2.24) is 0 Å². The second kappa shape index (κ2) is 3.33. The predicted molar refractivity (Wildman–Crippen MR) is 54.4 cm³/mol. The summed E-state index contributed by atoms with van der Waals surface area (Å²) in [4.78, 5) is 10.7. The van der Waals surface area contributed by atoms with Crippen LogP contribution in [0.25, 0.3) is 0 Å².